The molecule has 1 aromatic carbocycles. The molecule has 0 fully saturated rings. The number of rotatable bonds is 2. The molecule has 0 aliphatic heterocycles. The first-order valence-corrected chi connectivity index (χ1v) is 6.99. The third kappa shape index (κ3) is 3.85. The number of alkyl halides is 3. The van der Waals surface area contributed by atoms with Gasteiger partial charge in [0.15, 0.2) is 5.69 Å². The van der Waals surface area contributed by atoms with Gasteiger partial charge in [-0.2, -0.15) is 13.2 Å². The molecule has 0 amide bonds. The van der Waals surface area contributed by atoms with Gasteiger partial charge >= 0.3 is 6.18 Å². The molecular formula is C13H10BrClF3N3. The van der Waals surface area contributed by atoms with Gasteiger partial charge < -0.3 is 5.32 Å². The van der Waals surface area contributed by atoms with Crippen LogP contribution in [-0.2, 0) is 6.18 Å². The van der Waals surface area contributed by atoms with Crippen LogP contribution in [0.15, 0.2) is 22.7 Å². The molecule has 8 heteroatoms. The van der Waals surface area contributed by atoms with Crippen LogP contribution in [0.1, 0.15) is 16.8 Å². The van der Waals surface area contributed by atoms with Gasteiger partial charge in [0, 0.05) is 16.2 Å². The van der Waals surface area contributed by atoms with E-state index >= 15 is 0 Å². The lowest BCUT2D eigenvalue weighted by molar-refractivity contribution is -0.141. The van der Waals surface area contributed by atoms with Crippen LogP contribution in [0.5, 0.6) is 0 Å². The molecule has 112 valence electrons. The fourth-order valence-electron chi connectivity index (χ4n) is 1.79. The van der Waals surface area contributed by atoms with E-state index in [-0.39, 0.29) is 5.82 Å². The van der Waals surface area contributed by atoms with Crippen molar-refractivity contribution in [2.24, 2.45) is 0 Å². The summed E-state index contributed by atoms with van der Waals surface area (Å²) in [6, 6.07) is 4.40. The minimum atomic E-state index is -4.57. The summed E-state index contributed by atoms with van der Waals surface area (Å²) in [5.41, 5.74) is 1.44. The maximum Gasteiger partial charge on any atom is 0.433 e. The molecule has 2 aromatic rings. The fraction of sp³-hybridized carbons (Fsp3) is 0.231. The highest BCUT2D eigenvalue weighted by Crippen LogP contribution is 2.31. The molecule has 1 N–H and O–H groups in total. The largest absolute Gasteiger partial charge is 0.433 e. The first-order chi connectivity index (χ1) is 9.66. The number of nitrogens with zero attached hydrogens (tertiary/aromatic N) is 2. The zero-order valence-corrected chi connectivity index (χ0v) is 13.4. The van der Waals surface area contributed by atoms with Crippen molar-refractivity contribution >= 4 is 39.0 Å². The van der Waals surface area contributed by atoms with E-state index in [9.17, 15) is 13.2 Å². The summed E-state index contributed by atoms with van der Waals surface area (Å²) in [7, 11) is 0. The normalized spacial score (nSPS) is 11.6. The zero-order chi connectivity index (χ0) is 15.8. The van der Waals surface area contributed by atoms with Gasteiger partial charge in [-0.1, -0.05) is 15.9 Å². The van der Waals surface area contributed by atoms with Gasteiger partial charge in [0.05, 0.1) is 0 Å². The highest BCUT2D eigenvalue weighted by molar-refractivity contribution is 9.10. The van der Waals surface area contributed by atoms with E-state index in [1.54, 1.807) is 12.1 Å². The van der Waals surface area contributed by atoms with Crippen LogP contribution in [0.4, 0.5) is 24.7 Å². The van der Waals surface area contributed by atoms with Crippen LogP contribution in [-0.4, -0.2) is 9.97 Å². The molecule has 1 heterocycles. The van der Waals surface area contributed by atoms with Crippen LogP contribution < -0.4 is 5.32 Å². The van der Waals surface area contributed by atoms with Crippen molar-refractivity contribution in [3.05, 3.63) is 44.8 Å². The molecule has 0 spiro atoms. The van der Waals surface area contributed by atoms with Crippen molar-refractivity contribution < 1.29 is 13.2 Å². The maximum atomic E-state index is 12.7. The molecule has 2 rings (SSSR count). The smallest absolute Gasteiger partial charge is 0.340 e. The molecule has 0 aliphatic rings. The third-order valence-electron chi connectivity index (χ3n) is 2.70. The molecule has 21 heavy (non-hydrogen) atoms. The Bertz CT molecular complexity index is 666. The van der Waals surface area contributed by atoms with Gasteiger partial charge in [-0.15, -0.1) is 0 Å². The summed E-state index contributed by atoms with van der Waals surface area (Å²) < 4.78 is 39.0. The number of hydrogen-bond acceptors (Lipinski definition) is 3. The number of anilines is 2. The van der Waals surface area contributed by atoms with Gasteiger partial charge in [-0.25, -0.2) is 9.97 Å². The van der Waals surface area contributed by atoms with Crippen molar-refractivity contribution in [1.29, 1.82) is 0 Å². The van der Waals surface area contributed by atoms with Crippen molar-refractivity contribution in [1.82, 2.24) is 9.97 Å². The van der Waals surface area contributed by atoms with Gasteiger partial charge in [0.1, 0.15) is 5.82 Å². The Balaban J connectivity index is 2.38. The molecule has 0 saturated carbocycles. The van der Waals surface area contributed by atoms with E-state index < -0.39 is 17.2 Å². The topological polar surface area (TPSA) is 37.8 Å². The van der Waals surface area contributed by atoms with Crippen molar-refractivity contribution in [2.45, 2.75) is 20.0 Å². The average Bonchev–Trinajstić information content (AvgIpc) is 2.34. The van der Waals surface area contributed by atoms with Gasteiger partial charge in [-0.3, -0.25) is 0 Å². The zero-order valence-electron chi connectivity index (χ0n) is 11.0. The maximum absolute atomic E-state index is 12.7. The minimum Gasteiger partial charge on any atom is -0.340 e. The Morgan fingerprint density at radius 1 is 1.10 bits per heavy atom. The first kappa shape index (κ1) is 16.0. The van der Waals surface area contributed by atoms with Gasteiger partial charge in [0.25, 0.3) is 0 Å². The number of aryl methyl sites for hydroxylation is 2. The Labute approximate surface area is 132 Å². The van der Waals surface area contributed by atoms with Crippen LogP contribution in [0.3, 0.4) is 0 Å². The third-order valence-corrected chi connectivity index (χ3v) is 4.12. The number of halogens is 5. The van der Waals surface area contributed by atoms with Crippen molar-refractivity contribution in [2.75, 3.05) is 5.32 Å². The second-order valence-electron chi connectivity index (χ2n) is 4.45. The van der Waals surface area contributed by atoms with Crippen LogP contribution in [0.25, 0.3) is 0 Å². The molecule has 0 bridgehead atoms. The van der Waals surface area contributed by atoms with E-state index in [0.717, 1.165) is 21.7 Å². The second-order valence-corrected chi connectivity index (χ2v) is 5.59. The molecule has 0 aliphatic carbocycles. The lowest BCUT2D eigenvalue weighted by atomic mass is 10.1. The van der Waals surface area contributed by atoms with E-state index in [1.807, 2.05) is 13.8 Å². The minimum absolute atomic E-state index is 0.0107. The van der Waals surface area contributed by atoms with Crippen LogP contribution in [0.2, 0.25) is 5.28 Å². The van der Waals surface area contributed by atoms with E-state index in [1.165, 1.54) is 0 Å². The Kier molecular flexibility index (Phi) is 4.43. The fourth-order valence-corrected chi connectivity index (χ4v) is 2.20. The molecule has 3 nitrogen and oxygen atoms in total. The van der Waals surface area contributed by atoms with Crippen molar-refractivity contribution in [3.63, 3.8) is 0 Å². The summed E-state index contributed by atoms with van der Waals surface area (Å²) in [6.07, 6.45) is -4.57. The summed E-state index contributed by atoms with van der Waals surface area (Å²) in [4.78, 5) is 6.93. The second kappa shape index (κ2) is 5.81. The first-order valence-electron chi connectivity index (χ1n) is 5.82. The summed E-state index contributed by atoms with van der Waals surface area (Å²) in [5, 5.41) is 2.35. The number of aromatic nitrogens is 2. The Hall–Kier alpha value is -1.34. The van der Waals surface area contributed by atoms with Gasteiger partial charge in [-0.05, 0) is 48.7 Å². The summed E-state index contributed by atoms with van der Waals surface area (Å²) in [5.74, 6) is -0.0107. The summed E-state index contributed by atoms with van der Waals surface area (Å²) >= 11 is 8.97. The standard InChI is InChI=1S/C13H10BrClF3N3/c1-6-3-8(4-7(2)11(6)14)19-10-5-9(13(16,17)18)20-12(15)21-10/h3-5H,1-2H3,(H,19,20,21). The molecule has 1 aromatic heterocycles. The van der Waals surface area contributed by atoms with Gasteiger partial charge in [0.2, 0.25) is 5.28 Å². The van der Waals surface area contributed by atoms with E-state index in [4.69, 9.17) is 11.6 Å². The summed E-state index contributed by atoms with van der Waals surface area (Å²) in [6.45, 7) is 3.77. The lowest BCUT2D eigenvalue weighted by Crippen LogP contribution is -2.10. The average molecular weight is 381 g/mol. The van der Waals surface area contributed by atoms with Crippen molar-refractivity contribution in [3.8, 4) is 0 Å². The molecule has 0 radical (unpaired) electrons. The Morgan fingerprint density at radius 2 is 1.67 bits per heavy atom. The number of hydrogen-bond donors (Lipinski definition) is 1. The predicted molar refractivity (Wildman–Crippen MR) is 78.9 cm³/mol. The quantitative estimate of drug-likeness (QED) is 0.721. The SMILES string of the molecule is Cc1cc(Nc2cc(C(F)(F)F)nc(Cl)n2)cc(C)c1Br. The monoisotopic (exact) mass is 379 g/mol. The number of nitrogens with one attached hydrogen (secondary N) is 1. The predicted octanol–water partition coefficient (Wildman–Crippen LogP) is 5.27. The lowest BCUT2D eigenvalue weighted by Gasteiger charge is -2.12. The highest BCUT2D eigenvalue weighted by Gasteiger charge is 2.33. The van der Waals surface area contributed by atoms with Crippen LogP contribution >= 0.6 is 27.5 Å². The molecular weight excluding hydrogens is 371 g/mol. The molecule has 0 atom stereocenters. The highest BCUT2D eigenvalue weighted by atomic mass is 79.9. The molecule has 0 saturated heterocycles. The molecule has 0 unspecified atom stereocenters. The van der Waals surface area contributed by atoms with Crippen LogP contribution in [0, 0.1) is 13.8 Å². The Morgan fingerprint density at radius 3 is 2.19 bits per heavy atom. The van der Waals surface area contributed by atoms with E-state index in [0.29, 0.717) is 5.69 Å². The van der Waals surface area contributed by atoms with E-state index in [2.05, 4.69) is 31.2 Å². The number of benzene rings is 1.